The smallest absolute Gasteiger partial charge is 0.0488 e. The van der Waals surface area contributed by atoms with Crippen LogP contribution in [-0.2, 0) is 0 Å². The number of piperidine rings is 1. The van der Waals surface area contributed by atoms with E-state index in [1.165, 1.54) is 45.3 Å². The summed E-state index contributed by atoms with van der Waals surface area (Å²) < 4.78 is 0. The molecule has 0 aromatic carbocycles. The van der Waals surface area contributed by atoms with Gasteiger partial charge in [-0.2, -0.15) is 0 Å². The van der Waals surface area contributed by atoms with Crippen LogP contribution in [0.4, 0.5) is 0 Å². The van der Waals surface area contributed by atoms with Crippen LogP contribution in [0.25, 0.3) is 0 Å². The maximum Gasteiger partial charge on any atom is 0.0488 e. The zero-order chi connectivity index (χ0) is 7.73. The zero-order valence-electron chi connectivity index (χ0n) is 7.05. The van der Waals surface area contributed by atoms with Crippen LogP contribution in [0.5, 0.6) is 0 Å². The van der Waals surface area contributed by atoms with Gasteiger partial charge < -0.3 is 10.0 Å². The van der Waals surface area contributed by atoms with Crippen molar-refractivity contribution in [2.45, 2.75) is 25.7 Å². The third kappa shape index (κ3) is 1.30. The minimum absolute atomic E-state index is 0.326. The van der Waals surface area contributed by atoms with Crippen LogP contribution < -0.4 is 0 Å². The van der Waals surface area contributed by atoms with E-state index in [4.69, 9.17) is 0 Å². The molecule has 0 amide bonds. The lowest BCUT2D eigenvalue weighted by molar-refractivity contribution is 0.0649. The molecular weight excluding hydrogens is 138 g/mol. The molecule has 0 aromatic heterocycles. The van der Waals surface area contributed by atoms with Gasteiger partial charge >= 0.3 is 0 Å². The molecule has 0 spiro atoms. The van der Waals surface area contributed by atoms with Gasteiger partial charge in [-0.3, -0.25) is 0 Å². The highest BCUT2D eigenvalue weighted by atomic mass is 16.3. The summed E-state index contributed by atoms with van der Waals surface area (Å²) in [7, 11) is 0. The zero-order valence-corrected chi connectivity index (χ0v) is 7.05. The number of rotatable bonds is 1. The summed E-state index contributed by atoms with van der Waals surface area (Å²) in [6, 6.07) is 0. The molecule has 1 N–H and O–H groups in total. The normalized spacial score (nSPS) is 43.9. The Morgan fingerprint density at radius 3 is 2.45 bits per heavy atom. The highest BCUT2D eigenvalue weighted by Crippen LogP contribution is 2.38. The van der Waals surface area contributed by atoms with Crippen molar-refractivity contribution >= 4 is 0 Å². The maximum absolute atomic E-state index is 9.27. The highest BCUT2D eigenvalue weighted by molar-refractivity contribution is 4.88. The molecule has 3 rings (SSSR count). The predicted molar refractivity (Wildman–Crippen MR) is 44.4 cm³/mol. The third-order valence-corrected chi connectivity index (χ3v) is 3.43. The molecule has 0 unspecified atom stereocenters. The summed E-state index contributed by atoms with van der Waals surface area (Å²) in [5.41, 5.74) is 0.326. The number of aliphatic hydroxyl groups is 1. The van der Waals surface area contributed by atoms with Crippen molar-refractivity contribution in [3.05, 3.63) is 0 Å². The molecule has 3 aliphatic heterocycles. The second-order valence-electron chi connectivity index (χ2n) is 4.10. The molecule has 0 atom stereocenters. The number of hydrogen-bond acceptors (Lipinski definition) is 2. The van der Waals surface area contributed by atoms with Gasteiger partial charge in [0.05, 0.1) is 0 Å². The molecule has 2 nitrogen and oxygen atoms in total. The van der Waals surface area contributed by atoms with Gasteiger partial charge in [-0.05, 0) is 50.7 Å². The first-order chi connectivity index (χ1) is 5.35. The van der Waals surface area contributed by atoms with E-state index in [2.05, 4.69) is 4.90 Å². The van der Waals surface area contributed by atoms with Crippen molar-refractivity contribution in [1.29, 1.82) is 0 Å². The Morgan fingerprint density at radius 1 is 1.09 bits per heavy atom. The molecule has 64 valence electrons. The standard InChI is InChI=1S/C9H17NO/c11-8-9-2-1-5-10(6-3-9)7-4-9/h11H,1-8H2. The van der Waals surface area contributed by atoms with Gasteiger partial charge in [0.1, 0.15) is 0 Å². The summed E-state index contributed by atoms with van der Waals surface area (Å²) in [5.74, 6) is 0. The van der Waals surface area contributed by atoms with Gasteiger partial charge in [0.25, 0.3) is 0 Å². The van der Waals surface area contributed by atoms with E-state index in [0.29, 0.717) is 12.0 Å². The molecule has 2 bridgehead atoms. The SMILES string of the molecule is OCC12CCCN(CC1)CC2. The molecule has 0 radical (unpaired) electrons. The van der Waals surface area contributed by atoms with Crippen LogP contribution in [0.2, 0.25) is 0 Å². The largest absolute Gasteiger partial charge is 0.396 e. The highest BCUT2D eigenvalue weighted by Gasteiger charge is 2.35. The Balaban J connectivity index is 2.10. The quantitative estimate of drug-likeness (QED) is 0.607. The van der Waals surface area contributed by atoms with Gasteiger partial charge in [-0.1, -0.05) is 0 Å². The molecule has 3 aliphatic rings. The first-order valence-electron chi connectivity index (χ1n) is 4.68. The third-order valence-electron chi connectivity index (χ3n) is 3.43. The molecule has 3 heterocycles. The van der Waals surface area contributed by atoms with Crippen LogP contribution in [0.3, 0.4) is 0 Å². The van der Waals surface area contributed by atoms with Crippen LogP contribution in [0, 0.1) is 5.41 Å². The number of fused-ring (bicyclic) bond motifs is 4. The second kappa shape index (κ2) is 2.76. The van der Waals surface area contributed by atoms with E-state index < -0.39 is 0 Å². The van der Waals surface area contributed by atoms with Gasteiger partial charge in [0.15, 0.2) is 0 Å². The fourth-order valence-corrected chi connectivity index (χ4v) is 2.42. The van der Waals surface area contributed by atoms with Gasteiger partial charge in [0.2, 0.25) is 0 Å². The van der Waals surface area contributed by atoms with Crippen LogP contribution >= 0.6 is 0 Å². The first-order valence-corrected chi connectivity index (χ1v) is 4.68. The van der Waals surface area contributed by atoms with Gasteiger partial charge in [0, 0.05) is 6.61 Å². The van der Waals surface area contributed by atoms with Crippen molar-refractivity contribution in [1.82, 2.24) is 4.90 Å². The molecule has 0 saturated carbocycles. The van der Waals surface area contributed by atoms with Crippen LogP contribution in [0.15, 0.2) is 0 Å². The Morgan fingerprint density at radius 2 is 1.82 bits per heavy atom. The average molecular weight is 155 g/mol. The molecule has 0 aromatic rings. The summed E-state index contributed by atoms with van der Waals surface area (Å²) in [4.78, 5) is 2.53. The Hall–Kier alpha value is -0.0800. The Bertz CT molecular complexity index is 133. The van der Waals surface area contributed by atoms with Crippen molar-refractivity contribution < 1.29 is 5.11 Å². The minimum Gasteiger partial charge on any atom is -0.396 e. The molecule has 3 saturated heterocycles. The topological polar surface area (TPSA) is 23.5 Å². The predicted octanol–water partition coefficient (Wildman–Crippen LogP) is 0.855. The molecule has 2 heteroatoms. The monoisotopic (exact) mass is 155 g/mol. The molecule has 0 aliphatic carbocycles. The van der Waals surface area contributed by atoms with Crippen molar-refractivity contribution in [2.75, 3.05) is 26.2 Å². The van der Waals surface area contributed by atoms with E-state index >= 15 is 0 Å². The van der Waals surface area contributed by atoms with E-state index in [9.17, 15) is 5.11 Å². The minimum atomic E-state index is 0.326. The fourth-order valence-electron chi connectivity index (χ4n) is 2.42. The second-order valence-corrected chi connectivity index (χ2v) is 4.10. The van der Waals surface area contributed by atoms with Crippen molar-refractivity contribution in [2.24, 2.45) is 5.41 Å². The summed E-state index contributed by atoms with van der Waals surface area (Å²) >= 11 is 0. The maximum atomic E-state index is 9.27. The number of hydrogen-bond donors (Lipinski definition) is 1. The molecular formula is C9H17NO. The Labute approximate surface area is 68.2 Å². The van der Waals surface area contributed by atoms with E-state index in [1.807, 2.05) is 0 Å². The lowest BCUT2D eigenvalue weighted by Gasteiger charge is -2.36. The van der Waals surface area contributed by atoms with Crippen LogP contribution in [-0.4, -0.2) is 36.2 Å². The number of aliphatic hydroxyl groups excluding tert-OH is 1. The lowest BCUT2D eigenvalue weighted by Crippen LogP contribution is -2.38. The fraction of sp³-hybridized carbons (Fsp3) is 1.00. The van der Waals surface area contributed by atoms with E-state index in [-0.39, 0.29) is 0 Å². The van der Waals surface area contributed by atoms with Crippen LogP contribution in [0.1, 0.15) is 25.7 Å². The summed E-state index contributed by atoms with van der Waals surface area (Å²) in [5, 5.41) is 9.27. The lowest BCUT2D eigenvalue weighted by atomic mass is 9.77. The number of nitrogens with zero attached hydrogens (tertiary/aromatic N) is 1. The average Bonchev–Trinajstić information content (AvgIpc) is 2.37. The first kappa shape index (κ1) is 7.56. The van der Waals surface area contributed by atoms with Gasteiger partial charge in [-0.15, -0.1) is 0 Å². The van der Waals surface area contributed by atoms with Gasteiger partial charge in [-0.25, -0.2) is 0 Å². The molecule has 3 fully saturated rings. The Kier molecular flexibility index (Phi) is 1.90. The van der Waals surface area contributed by atoms with Crippen molar-refractivity contribution in [3.63, 3.8) is 0 Å². The summed E-state index contributed by atoms with van der Waals surface area (Å²) in [6.45, 7) is 4.13. The van der Waals surface area contributed by atoms with E-state index in [1.54, 1.807) is 0 Å². The molecule has 11 heavy (non-hydrogen) atoms. The van der Waals surface area contributed by atoms with Crippen molar-refractivity contribution in [3.8, 4) is 0 Å². The summed E-state index contributed by atoms with van der Waals surface area (Å²) in [6.07, 6.45) is 4.99. The van der Waals surface area contributed by atoms with E-state index in [0.717, 1.165) is 0 Å².